The van der Waals surface area contributed by atoms with Crippen LogP contribution >= 0.6 is 0 Å². The number of nitrogens with zero attached hydrogens (tertiary/aromatic N) is 4. The van der Waals surface area contributed by atoms with E-state index in [1.807, 2.05) is 6.07 Å². The second-order valence-electron chi connectivity index (χ2n) is 12.8. The second kappa shape index (κ2) is 12.3. The number of alkyl halides is 12. The molecule has 8 rings (SSSR count). The molecule has 5 aromatic carbocycles. The van der Waals surface area contributed by atoms with Gasteiger partial charge in [0.1, 0.15) is 0 Å². The van der Waals surface area contributed by atoms with Gasteiger partial charge in [0.25, 0.3) is 0 Å². The van der Waals surface area contributed by atoms with Gasteiger partial charge in [0.05, 0.1) is 67.3 Å². The van der Waals surface area contributed by atoms with Gasteiger partial charge in [0, 0.05) is 45.1 Å². The lowest BCUT2D eigenvalue weighted by atomic mass is 9.99. The van der Waals surface area contributed by atoms with Crippen LogP contribution in [-0.2, 0) is 24.7 Å². The number of aromatic nitrogens is 3. The molecule has 0 atom stereocenters. The van der Waals surface area contributed by atoms with Crippen molar-refractivity contribution in [3.63, 3.8) is 0 Å². The van der Waals surface area contributed by atoms with Crippen molar-refractivity contribution in [2.45, 2.75) is 24.7 Å². The van der Waals surface area contributed by atoms with E-state index in [1.54, 1.807) is 0 Å². The van der Waals surface area contributed by atoms with Gasteiger partial charge in [0.15, 0.2) is 0 Å². The lowest BCUT2D eigenvalue weighted by Crippen LogP contribution is -2.09. The number of pyridine rings is 1. The van der Waals surface area contributed by atoms with Gasteiger partial charge in [-0.3, -0.25) is 4.98 Å². The summed E-state index contributed by atoms with van der Waals surface area (Å²) in [4.78, 5) is 4.04. The molecular weight excluding hydrogens is 764 g/mol. The Balaban J connectivity index is 1.63. The zero-order valence-corrected chi connectivity index (χ0v) is 27.7. The number of halogens is 12. The maximum atomic E-state index is 14.2. The summed E-state index contributed by atoms with van der Waals surface area (Å²) >= 11 is 0. The van der Waals surface area contributed by atoms with Crippen LogP contribution in [0.2, 0.25) is 0 Å². The third-order valence-corrected chi connectivity index (χ3v) is 9.53. The number of benzene rings is 5. The molecular formula is C40H18F12N4. The smallest absolute Gasteiger partial charge is 0.307 e. The number of hydrogen-bond donors (Lipinski definition) is 0. The van der Waals surface area contributed by atoms with Crippen molar-refractivity contribution < 1.29 is 52.7 Å². The molecule has 4 nitrogen and oxygen atoms in total. The van der Waals surface area contributed by atoms with Crippen LogP contribution < -0.4 is 0 Å². The van der Waals surface area contributed by atoms with E-state index in [-0.39, 0.29) is 71.7 Å². The lowest BCUT2D eigenvalue weighted by Gasteiger charge is -2.20. The van der Waals surface area contributed by atoms with Gasteiger partial charge < -0.3 is 9.13 Å². The Morgan fingerprint density at radius 2 is 0.821 bits per heavy atom. The molecule has 16 heteroatoms. The molecule has 0 saturated carbocycles. The summed E-state index contributed by atoms with van der Waals surface area (Å²) < 4.78 is 173. The van der Waals surface area contributed by atoms with Crippen LogP contribution in [0.4, 0.5) is 52.7 Å². The maximum Gasteiger partial charge on any atom is 0.416 e. The number of rotatable bonds is 3. The zero-order chi connectivity index (χ0) is 40.1. The van der Waals surface area contributed by atoms with Gasteiger partial charge in [-0.25, -0.2) is 0 Å². The molecule has 3 heterocycles. The lowest BCUT2D eigenvalue weighted by molar-refractivity contribution is -0.138. The molecule has 0 aliphatic rings. The molecule has 8 aromatic rings. The SMILES string of the molecule is N#Cc1cc(-n2c3cc(C(F)(F)F)ccc3c3ccc(C(F)(F)F)cc32)c(-n2c3cc(C(F)(F)F)ccc3c3ccc(C(F)(F)F)cc32)cc1-c1cccnc1. The van der Waals surface area contributed by atoms with E-state index in [4.69, 9.17) is 0 Å². The summed E-state index contributed by atoms with van der Waals surface area (Å²) in [6.45, 7) is 0. The van der Waals surface area contributed by atoms with E-state index in [0.717, 1.165) is 63.7 Å². The fourth-order valence-corrected chi connectivity index (χ4v) is 7.05. The first-order chi connectivity index (χ1) is 26.3. The van der Waals surface area contributed by atoms with Gasteiger partial charge >= 0.3 is 24.7 Å². The van der Waals surface area contributed by atoms with Crippen molar-refractivity contribution in [1.29, 1.82) is 5.26 Å². The van der Waals surface area contributed by atoms with E-state index < -0.39 is 47.0 Å². The molecule has 0 amide bonds. The Kier molecular flexibility index (Phi) is 7.98. The van der Waals surface area contributed by atoms with Crippen LogP contribution in [0.25, 0.3) is 66.1 Å². The quantitative estimate of drug-likeness (QED) is 0.168. The summed E-state index contributed by atoms with van der Waals surface area (Å²) in [5.41, 5.74) is -6.55. The first-order valence-corrected chi connectivity index (χ1v) is 16.2. The van der Waals surface area contributed by atoms with Crippen LogP contribution in [-0.4, -0.2) is 14.1 Å². The highest BCUT2D eigenvalue weighted by atomic mass is 19.4. The predicted octanol–water partition coefficient (Wildman–Crippen LogP) is 12.9. The molecule has 0 fully saturated rings. The Hall–Kier alpha value is -6.50. The molecule has 0 aliphatic carbocycles. The van der Waals surface area contributed by atoms with E-state index in [1.165, 1.54) is 30.6 Å². The van der Waals surface area contributed by atoms with Crippen LogP contribution in [0.5, 0.6) is 0 Å². The standard InChI is InChI=1S/C40H18F12N4/c41-37(42,43)22-3-7-26-27-8-4-23(38(44,45)46)14-32(27)55(31(26)13-22)35-12-21(18-53)30(20-2-1-11-54-19-20)17-36(35)56-33-15-24(39(47,48)49)5-9-28(33)29-10-6-25(16-34(29)56)40(50,51)52/h1-17,19H. The molecule has 0 bridgehead atoms. The molecule has 282 valence electrons. The summed E-state index contributed by atoms with van der Waals surface area (Å²) in [5.74, 6) is 0. The zero-order valence-electron chi connectivity index (χ0n) is 27.7. The predicted molar refractivity (Wildman–Crippen MR) is 183 cm³/mol. The highest BCUT2D eigenvalue weighted by molar-refractivity contribution is 6.12. The topological polar surface area (TPSA) is 46.5 Å². The van der Waals surface area contributed by atoms with Crippen molar-refractivity contribution >= 4 is 43.6 Å². The Morgan fingerprint density at radius 1 is 0.464 bits per heavy atom. The maximum absolute atomic E-state index is 14.2. The van der Waals surface area contributed by atoms with Crippen LogP contribution in [0.3, 0.4) is 0 Å². The molecule has 0 unspecified atom stereocenters. The van der Waals surface area contributed by atoms with Crippen LogP contribution in [0.1, 0.15) is 27.8 Å². The van der Waals surface area contributed by atoms with Gasteiger partial charge in [-0.15, -0.1) is 0 Å². The van der Waals surface area contributed by atoms with Crippen molar-refractivity contribution in [3.8, 4) is 28.6 Å². The van der Waals surface area contributed by atoms with Crippen molar-refractivity contribution in [2.75, 3.05) is 0 Å². The van der Waals surface area contributed by atoms with Crippen LogP contribution in [0.15, 0.2) is 109 Å². The van der Waals surface area contributed by atoms with Crippen molar-refractivity contribution in [1.82, 2.24) is 14.1 Å². The number of nitriles is 1. The molecule has 0 aliphatic heterocycles. The Labute approximate surface area is 306 Å². The molecule has 0 radical (unpaired) electrons. The first kappa shape index (κ1) is 36.5. The van der Waals surface area contributed by atoms with Gasteiger partial charge in [-0.05, 0) is 66.7 Å². The Bertz CT molecular complexity index is 2780. The normalized spacial score (nSPS) is 13.0. The molecule has 56 heavy (non-hydrogen) atoms. The van der Waals surface area contributed by atoms with E-state index in [9.17, 15) is 57.9 Å². The number of fused-ring (bicyclic) bond motifs is 6. The average Bonchev–Trinajstić information content (AvgIpc) is 3.64. The highest BCUT2D eigenvalue weighted by Crippen LogP contribution is 2.45. The van der Waals surface area contributed by atoms with Crippen molar-refractivity contribution in [3.05, 3.63) is 137 Å². The highest BCUT2D eigenvalue weighted by Gasteiger charge is 2.36. The van der Waals surface area contributed by atoms with E-state index >= 15 is 0 Å². The third kappa shape index (κ3) is 5.94. The summed E-state index contributed by atoms with van der Waals surface area (Å²) in [7, 11) is 0. The summed E-state index contributed by atoms with van der Waals surface area (Å²) in [6, 6.07) is 17.1. The average molecular weight is 783 g/mol. The Morgan fingerprint density at radius 3 is 1.12 bits per heavy atom. The second-order valence-corrected chi connectivity index (χ2v) is 12.8. The van der Waals surface area contributed by atoms with E-state index in [0.29, 0.717) is 24.3 Å². The molecule has 0 spiro atoms. The van der Waals surface area contributed by atoms with Crippen molar-refractivity contribution in [2.24, 2.45) is 0 Å². The fraction of sp³-hybridized carbons (Fsp3) is 0.100. The first-order valence-electron chi connectivity index (χ1n) is 16.2. The minimum absolute atomic E-state index is 0.0310. The van der Waals surface area contributed by atoms with Crippen LogP contribution in [0, 0.1) is 11.3 Å². The van der Waals surface area contributed by atoms with E-state index in [2.05, 4.69) is 4.98 Å². The summed E-state index contributed by atoms with van der Waals surface area (Å²) in [5, 5.41) is 10.6. The fourth-order valence-electron chi connectivity index (χ4n) is 7.05. The minimum Gasteiger partial charge on any atom is -0.307 e. The monoisotopic (exact) mass is 782 g/mol. The number of hydrogen-bond acceptors (Lipinski definition) is 2. The molecule has 3 aromatic heterocycles. The summed E-state index contributed by atoms with van der Waals surface area (Å²) in [6.07, 6.45) is -17.1. The molecule has 0 saturated heterocycles. The third-order valence-electron chi connectivity index (χ3n) is 9.53. The van der Waals surface area contributed by atoms with Gasteiger partial charge in [-0.1, -0.05) is 30.3 Å². The van der Waals surface area contributed by atoms with Gasteiger partial charge in [0.2, 0.25) is 0 Å². The molecule has 0 N–H and O–H groups in total. The largest absolute Gasteiger partial charge is 0.416 e. The minimum atomic E-state index is -4.95. The van der Waals surface area contributed by atoms with Gasteiger partial charge in [-0.2, -0.15) is 57.9 Å².